The zero-order valence-electron chi connectivity index (χ0n) is 9.37. The maximum Gasteiger partial charge on any atom is 0.254 e. The first-order chi connectivity index (χ1) is 8.36. The third-order valence-corrected chi connectivity index (χ3v) is 3.13. The molecule has 0 unspecified atom stereocenters. The van der Waals surface area contributed by atoms with E-state index in [2.05, 4.69) is 14.8 Å². The van der Waals surface area contributed by atoms with Gasteiger partial charge in [-0.2, -0.15) is 0 Å². The second-order valence-corrected chi connectivity index (χ2v) is 4.28. The number of fused-ring (bicyclic) bond motifs is 1. The molecule has 0 atom stereocenters. The first kappa shape index (κ1) is 10.0. The van der Waals surface area contributed by atoms with Gasteiger partial charge in [0.25, 0.3) is 5.82 Å². The van der Waals surface area contributed by atoms with E-state index in [9.17, 15) is 0 Å². The van der Waals surface area contributed by atoms with Crippen molar-refractivity contribution in [2.24, 2.45) is 4.99 Å². The highest BCUT2D eigenvalue weighted by atomic mass is 15.1. The van der Waals surface area contributed by atoms with Crippen LogP contribution < -0.4 is 0 Å². The molecule has 0 bridgehead atoms. The molecule has 2 heterocycles. The summed E-state index contributed by atoms with van der Waals surface area (Å²) >= 11 is 0. The SMILES string of the molecule is [C-]#[N+]c1cnc2ccc(C=NC3CCC3)cn12. The number of rotatable bonds is 2. The molecule has 4 nitrogen and oxygen atoms in total. The lowest BCUT2D eigenvalue weighted by Crippen LogP contribution is -2.14. The normalized spacial score (nSPS) is 16.2. The monoisotopic (exact) mass is 224 g/mol. The van der Waals surface area contributed by atoms with Gasteiger partial charge < -0.3 is 4.85 Å². The molecule has 1 fully saturated rings. The third-order valence-electron chi connectivity index (χ3n) is 3.13. The van der Waals surface area contributed by atoms with Gasteiger partial charge in [-0.1, -0.05) is 6.57 Å². The van der Waals surface area contributed by atoms with Gasteiger partial charge in [0.05, 0.1) is 12.4 Å². The van der Waals surface area contributed by atoms with Crippen LogP contribution in [0.4, 0.5) is 5.82 Å². The molecular formula is C13H12N4. The quantitative estimate of drug-likeness (QED) is 0.570. The lowest BCUT2D eigenvalue weighted by molar-refractivity contribution is 0.421. The molecule has 0 radical (unpaired) electrons. The number of pyridine rings is 1. The van der Waals surface area contributed by atoms with Crippen LogP contribution in [-0.4, -0.2) is 21.6 Å². The Morgan fingerprint density at radius 2 is 2.35 bits per heavy atom. The van der Waals surface area contributed by atoms with Gasteiger partial charge in [-0.05, 0) is 25.3 Å². The molecule has 0 saturated heterocycles. The summed E-state index contributed by atoms with van der Waals surface area (Å²) in [6, 6.07) is 4.41. The maximum atomic E-state index is 7.05. The van der Waals surface area contributed by atoms with Gasteiger partial charge >= 0.3 is 0 Å². The van der Waals surface area contributed by atoms with E-state index in [1.807, 2.05) is 24.5 Å². The summed E-state index contributed by atoms with van der Waals surface area (Å²) in [5, 5.41) is 0. The van der Waals surface area contributed by atoms with Crippen molar-refractivity contribution in [1.29, 1.82) is 0 Å². The summed E-state index contributed by atoms with van der Waals surface area (Å²) in [6.45, 7) is 7.05. The fourth-order valence-corrected chi connectivity index (χ4v) is 1.87. The molecule has 1 saturated carbocycles. The molecule has 0 aliphatic heterocycles. The average molecular weight is 224 g/mol. The number of aromatic nitrogens is 2. The number of aliphatic imine (C=N–C) groups is 1. The molecule has 1 aliphatic carbocycles. The van der Waals surface area contributed by atoms with E-state index < -0.39 is 0 Å². The van der Waals surface area contributed by atoms with E-state index in [1.165, 1.54) is 19.3 Å². The Kier molecular flexibility index (Phi) is 2.37. The van der Waals surface area contributed by atoms with Gasteiger partial charge in [-0.25, -0.2) is 9.38 Å². The van der Waals surface area contributed by atoms with Gasteiger partial charge in [-0.15, -0.1) is 0 Å². The second-order valence-electron chi connectivity index (χ2n) is 4.28. The van der Waals surface area contributed by atoms with Crippen molar-refractivity contribution in [3.05, 3.63) is 41.5 Å². The van der Waals surface area contributed by atoms with Crippen LogP contribution in [-0.2, 0) is 0 Å². The second kappa shape index (κ2) is 4.02. The fraction of sp³-hybridized carbons (Fsp3) is 0.308. The highest BCUT2D eigenvalue weighted by Crippen LogP contribution is 2.22. The molecule has 84 valence electrons. The van der Waals surface area contributed by atoms with Crippen molar-refractivity contribution >= 4 is 17.7 Å². The lowest BCUT2D eigenvalue weighted by Gasteiger charge is -2.20. The Hall–Kier alpha value is -2.15. The fourth-order valence-electron chi connectivity index (χ4n) is 1.87. The predicted octanol–water partition coefficient (Wildman–Crippen LogP) is 2.86. The number of imidazole rings is 1. The standard InChI is InChI=1S/C13H12N4/c1-14-13-8-16-12-6-5-10(9-17(12)13)7-15-11-3-2-4-11/h5-9,11H,2-4H2. The molecule has 4 heteroatoms. The molecule has 0 aromatic carbocycles. The van der Waals surface area contributed by atoms with Crippen LogP contribution in [0.5, 0.6) is 0 Å². The summed E-state index contributed by atoms with van der Waals surface area (Å²) in [5.74, 6) is 0.541. The minimum Gasteiger partial charge on any atom is -0.362 e. The van der Waals surface area contributed by atoms with Crippen LogP contribution in [0.2, 0.25) is 0 Å². The van der Waals surface area contributed by atoms with Gasteiger partial charge in [0, 0.05) is 23.9 Å². The van der Waals surface area contributed by atoms with Crippen LogP contribution in [0.3, 0.4) is 0 Å². The van der Waals surface area contributed by atoms with E-state index >= 15 is 0 Å². The number of hydrogen-bond donors (Lipinski definition) is 0. The lowest BCUT2D eigenvalue weighted by atomic mass is 9.94. The van der Waals surface area contributed by atoms with Crippen molar-refractivity contribution in [3.8, 4) is 0 Å². The van der Waals surface area contributed by atoms with Crippen molar-refractivity contribution in [3.63, 3.8) is 0 Å². The largest absolute Gasteiger partial charge is 0.362 e. The highest BCUT2D eigenvalue weighted by molar-refractivity contribution is 5.80. The zero-order chi connectivity index (χ0) is 11.7. The minimum absolute atomic E-state index is 0.508. The third kappa shape index (κ3) is 1.80. The summed E-state index contributed by atoms with van der Waals surface area (Å²) < 4.78 is 1.80. The van der Waals surface area contributed by atoms with Crippen molar-refractivity contribution in [1.82, 2.24) is 9.38 Å². The molecule has 0 N–H and O–H groups in total. The summed E-state index contributed by atoms with van der Waals surface area (Å²) in [6.07, 6.45) is 9.11. The van der Waals surface area contributed by atoms with Crippen LogP contribution >= 0.6 is 0 Å². The van der Waals surface area contributed by atoms with Gasteiger partial charge in [0.2, 0.25) is 5.65 Å². The molecular weight excluding hydrogens is 212 g/mol. The van der Waals surface area contributed by atoms with Crippen LogP contribution in [0.25, 0.3) is 10.5 Å². The minimum atomic E-state index is 0.508. The number of nitrogens with zero attached hydrogens (tertiary/aromatic N) is 4. The molecule has 1 aliphatic rings. The Balaban J connectivity index is 1.94. The maximum absolute atomic E-state index is 7.05. The molecule has 2 aromatic heterocycles. The molecule has 0 spiro atoms. The Labute approximate surface area is 99.5 Å². The van der Waals surface area contributed by atoms with Crippen molar-refractivity contribution in [2.45, 2.75) is 25.3 Å². The highest BCUT2D eigenvalue weighted by Gasteiger charge is 2.14. The van der Waals surface area contributed by atoms with Crippen molar-refractivity contribution in [2.75, 3.05) is 0 Å². The van der Waals surface area contributed by atoms with E-state index in [0.717, 1.165) is 11.2 Å². The molecule has 0 amide bonds. The Bertz CT molecular complexity index is 614. The van der Waals surface area contributed by atoms with Gasteiger partial charge in [-0.3, -0.25) is 4.99 Å². The van der Waals surface area contributed by atoms with Crippen LogP contribution in [0.1, 0.15) is 24.8 Å². The molecule has 2 aromatic rings. The smallest absolute Gasteiger partial charge is 0.254 e. The van der Waals surface area contributed by atoms with Crippen LogP contribution in [0, 0.1) is 6.57 Å². The summed E-state index contributed by atoms with van der Waals surface area (Å²) in [7, 11) is 0. The molecule has 3 rings (SSSR count). The zero-order valence-corrected chi connectivity index (χ0v) is 9.37. The van der Waals surface area contributed by atoms with E-state index in [0.29, 0.717) is 11.9 Å². The summed E-state index contributed by atoms with van der Waals surface area (Å²) in [5.41, 5.74) is 1.82. The van der Waals surface area contributed by atoms with Crippen LogP contribution in [0.15, 0.2) is 29.5 Å². The van der Waals surface area contributed by atoms with Gasteiger partial charge in [0.15, 0.2) is 0 Å². The molecule has 17 heavy (non-hydrogen) atoms. The predicted molar refractivity (Wildman–Crippen MR) is 66.7 cm³/mol. The van der Waals surface area contributed by atoms with E-state index in [-0.39, 0.29) is 0 Å². The summed E-state index contributed by atoms with van der Waals surface area (Å²) in [4.78, 5) is 12.1. The average Bonchev–Trinajstić information content (AvgIpc) is 2.69. The first-order valence-corrected chi connectivity index (χ1v) is 5.74. The van der Waals surface area contributed by atoms with Crippen molar-refractivity contribution < 1.29 is 0 Å². The van der Waals surface area contributed by atoms with E-state index in [4.69, 9.17) is 6.57 Å². The first-order valence-electron chi connectivity index (χ1n) is 5.74. The topological polar surface area (TPSA) is 34.0 Å². The van der Waals surface area contributed by atoms with Gasteiger partial charge in [0.1, 0.15) is 0 Å². The van der Waals surface area contributed by atoms with E-state index in [1.54, 1.807) is 10.6 Å². The Morgan fingerprint density at radius 1 is 1.47 bits per heavy atom. The number of hydrogen-bond acceptors (Lipinski definition) is 2. The Morgan fingerprint density at radius 3 is 3.06 bits per heavy atom.